The maximum atomic E-state index is 3.87. The largest absolute Gasteiger partial charge is 0.344 e. The van der Waals surface area contributed by atoms with Crippen LogP contribution in [0, 0.1) is 6.92 Å². The Labute approximate surface area is 48.4 Å². The van der Waals surface area contributed by atoms with Crippen LogP contribution in [0.1, 0.15) is 5.69 Å². The van der Waals surface area contributed by atoms with Gasteiger partial charge in [-0.15, -0.1) is 0 Å². The Bertz CT molecular complexity index is 138. The van der Waals surface area contributed by atoms with Crippen LogP contribution in [-0.2, 0) is 0 Å². The van der Waals surface area contributed by atoms with Crippen LogP contribution in [0.15, 0.2) is 18.6 Å². The maximum absolute atomic E-state index is 3.87. The minimum absolute atomic E-state index is 0. The van der Waals surface area contributed by atoms with Gasteiger partial charge in [0.1, 0.15) is 6.33 Å². The molecule has 0 radical (unpaired) electrons. The summed E-state index contributed by atoms with van der Waals surface area (Å²) in [6, 6.07) is 1.86. The highest BCUT2D eigenvalue weighted by atomic mass is 14.8. The fraction of sp³-hybridized carbons (Fsp3) is 0.200. The number of nitrogens with zero attached hydrogens (tertiary/aromatic N) is 2. The number of rotatable bonds is 0. The lowest BCUT2D eigenvalue weighted by Crippen LogP contribution is -1.77. The zero-order chi connectivity index (χ0) is 5.11. The molecule has 3 N–H and O–H groups in total. The smallest absolute Gasteiger partial charge is 0.115 e. The van der Waals surface area contributed by atoms with Crippen LogP contribution in [0.5, 0.6) is 0 Å². The van der Waals surface area contributed by atoms with E-state index >= 15 is 0 Å². The van der Waals surface area contributed by atoms with E-state index in [0.29, 0.717) is 0 Å². The van der Waals surface area contributed by atoms with Crippen molar-refractivity contribution in [1.29, 1.82) is 0 Å². The van der Waals surface area contributed by atoms with Gasteiger partial charge in [-0.2, -0.15) is 0 Å². The second-order valence-electron chi connectivity index (χ2n) is 1.35. The van der Waals surface area contributed by atoms with Gasteiger partial charge in [0.05, 0.1) is 0 Å². The van der Waals surface area contributed by atoms with E-state index in [4.69, 9.17) is 0 Å². The van der Waals surface area contributed by atoms with Crippen LogP contribution >= 0.6 is 0 Å². The van der Waals surface area contributed by atoms with Crippen LogP contribution in [-0.4, -0.2) is 9.97 Å². The zero-order valence-corrected chi connectivity index (χ0v) is 4.83. The van der Waals surface area contributed by atoms with Gasteiger partial charge in [0.15, 0.2) is 0 Å². The van der Waals surface area contributed by atoms with Gasteiger partial charge < -0.3 is 6.15 Å². The van der Waals surface area contributed by atoms with E-state index in [9.17, 15) is 0 Å². The summed E-state index contributed by atoms with van der Waals surface area (Å²) in [7, 11) is 0. The second-order valence-corrected chi connectivity index (χ2v) is 1.35. The van der Waals surface area contributed by atoms with Crippen molar-refractivity contribution in [3.05, 3.63) is 24.3 Å². The molecule has 0 unspecified atom stereocenters. The lowest BCUT2D eigenvalue weighted by atomic mass is 10.5. The number of hydrogen-bond acceptors (Lipinski definition) is 3. The molecular formula is C5H9N3. The highest BCUT2D eigenvalue weighted by Crippen LogP contribution is 1.82. The van der Waals surface area contributed by atoms with Gasteiger partial charge in [0.2, 0.25) is 0 Å². The standard InChI is InChI=1S/C5H6N2.H3N/c1-5-2-3-6-4-7-5;/h2-4H,1H3;1H3. The first-order valence-electron chi connectivity index (χ1n) is 2.12. The molecule has 0 saturated heterocycles. The van der Waals surface area contributed by atoms with E-state index < -0.39 is 0 Å². The molecule has 1 aromatic heterocycles. The van der Waals surface area contributed by atoms with Crippen molar-refractivity contribution < 1.29 is 0 Å². The van der Waals surface area contributed by atoms with Crippen molar-refractivity contribution in [2.75, 3.05) is 0 Å². The third-order valence-corrected chi connectivity index (χ3v) is 0.730. The van der Waals surface area contributed by atoms with E-state index in [0.717, 1.165) is 5.69 Å². The second kappa shape index (κ2) is 3.10. The van der Waals surface area contributed by atoms with Gasteiger partial charge in [0, 0.05) is 11.9 Å². The Kier molecular flexibility index (Phi) is 2.72. The molecule has 0 amide bonds. The molecule has 1 heterocycles. The molecular weight excluding hydrogens is 102 g/mol. The molecule has 0 aliphatic heterocycles. The first kappa shape index (κ1) is 7.04. The lowest BCUT2D eigenvalue weighted by Gasteiger charge is -1.81. The zero-order valence-electron chi connectivity index (χ0n) is 4.83. The highest BCUT2D eigenvalue weighted by Gasteiger charge is 1.74. The lowest BCUT2D eigenvalue weighted by molar-refractivity contribution is 1.10. The van der Waals surface area contributed by atoms with Crippen LogP contribution in [0.3, 0.4) is 0 Å². The molecule has 1 aromatic rings. The molecule has 0 fully saturated rings. The molecule has 8 heavy (non-hydrogen) atoms. The normalized spacial score (nSPS) is 7.62. The topological polar surface area (TPSA) is 60.8 Å². The summed E-state index contributed by atoms with van der Waals surface area (Å²) in [5.41, 5.74) is 1.01. The minimum atomic E-state index is 0. The Morgan fingerprint density at radius 2 is 2.25 bits per heavy atom. The van der Waals surface area contributed by atoms with E-state index in [1.165, 1.54) is 6.33 Å². The Balaban J connectivity index is 0.000000490. The summed E-state index contributed by atoms with van der Waals surface area (Å²) in [5, 5.41) is 0. The molecule has 3 nitrogen and oxygen atoms in total. The average Bonchev–Trinajstić information content (AvgIpc) is 1.69. The molecule has 0 saturated carbocycles. The van der Waals surface area contributed by atoms with Gasteiger partial charge in [-0.25, -0.2) is 9.97 Å². The molecule has 0 spiro atoms. The monoisotopic (exact) mass is 111 g/mol. The van der Waals surface area contributed by atoms with Crippen molar-refractivity contribution in [1.82, 2.24) is 16.1 Å². The van der Waals surface area contributed by atoms with Crippen molar-refractivity contribution >= 4 is 0 Å². The first-order chi connectivity index (χ1) is 3.39. The summed E-state index contributed by atoms with van der Waals surface area (Å²) in [6.07, 6.45) is 3.26. The predicted octanol–water partition coefficient (Wildman–Crippen LogP) is 0.947. The van der Waals surface area contributed by atoms with E-state index in [1.807, 2.05) is 13.0 Å². The Hall–Kier alpha value is -0.960. The van der Waals surface area contributed by atoms with Gasteiger partial charge in [0.25, 0.3) is 0 Å². The predicted molar refractivity (Wildman–Crippen MR) is 31.8 cm³/mol. The molecule has 0 aliphatic carbocycles. The summed E-state index contributed by atoms with van der Waals surface area (Å²) in [5.74, 6) is 0. The number of aryl methyl sites for hydroxylation is 1. The minimum Gasteiger partial charge on any atom is -0.344 e. The number of aromatic nitrogens is 2. The maximum Gasteiger partial charge on any atom is 0.115 e. The van der Waals surface area contributed by atoms with E-state index in [1.54, 1.807) is 6.20 Å². The summed E-state index contributed by atoms with van der Waals surface area (Å²) >= 11 is 0. The molecule has 0 atom stereocenters. The fourth-order valence-electron chi connectivity index (χ4n) is 0.357. The summed E-state index contributed by atoms with van der Waals surface area (Å²) in [6.45, 7) is 1.93. The quantitative estimate of drug-likeness (QED) is 0.542. The summed E-state index contributed by atoms with van der Waals surface area (Å²) in [4.78, 5) is 7.60. The van der Waals surface area contributed by atoms with Crippen molar-refractivity contribution in [3.63, 3.8) is 0 Å². The Morgan fingerprint density at radius 1 is 1.50 bits per heavy atom. The van der Waals surface area contributed by atoms with Gasteiger partial charge in [-0.05, 0) is 13.0 Å². The van der Waals surface area contributed by atoms with Crippen molar-refractivity contribution in [2.45, 2.75) is 6.92 Å². The average molecular weight is 111 g/mol. The Morgan fingerprint density at radius 3 is 2.50 bits per heavy atom. The first-order valence-corrected chi connectivity index (χ1v) is 2.12. The molecule has 44 valence electrons. The highest BCUT2D eigenvalue weighted by molar-refractivity contribution is 4.92. The van der Waals surface area contributed by atoms with Crippen LogP contribution in [0.25, 0.3) is 0 Å². The summed E-state index contributed by atoms with van der Waals surface area (Å²) < 4.78 is 0. The van der Waals surface area contributed by atoms with Crippen LogP contribution in [0.4, 0.5) is 0 Å². The van der Waals surface area contributed by atoms with Crippen LogP contribution < -0.4 is 6.15 Å². The van der Waals surface area contributed by atoms with Crippen LogP contribution in [0.2, 0.25) is 0 Å². The fourth-order valence-corrected chi connectivity index (χ4v) is 0.357. The van der Waals surface area contributed by atoms with Crippen molar-refractivity contribution in [3.8, 4) is 0 Å². The third-order valence-electron chi connectivity index (χ3n) is 0.730. The van der Waals surface area contributed by atoms with Gasteiger partial charge in [-0.3, -0.25) is 0 Å². The molecule has 0 aromatic carbocycles. The molecule has 0 bridgehead atoms. The molecule has 0 aliphatic rings. The van der Waals surface area contributed by atoms with E-state index in [-0.39, 0.29) is 6.15 Å². The SMILES string of the molecule is Cc1ccncn1.N. The molecule has 3 heteroatoms. The molecule has 1 rings (SSSR count). The van der Waals surface area contributed by atoms with Gasteiger partial charge in [-0.1, -0.05) is 0 Å². The third kappa shape index (κ3) is 1.66. The van der Waals surface area contributed by atoms with Gasteiger partial charge >= 0.3 is 0 Å². The van der Waals surface area contributed by atoms with E-state index in [2.05, 4.69) is 9.97 Å². The van der Waals surface area contributed by atoms with Crippen molar-refractivity contribution in [2.24, 2.45) is 0 Å². The number of hydrogen-bond donors (Lipinski definition) is 1.